The topological polar surface area (TPSA) is 44.3 Å². The smallest absolute Gasteiger partial charge is 0.148 e. The van der Waals surface area contributed by atoms with E-state index < -0.39 is 0 Å². The summed E-state index contributed by atoms with van der Waals surface area (Å²) in [7, 11) is 4.35. The largest absolute Gasteiger partial charge is 0.367 e. The van der Waals surface area contributed by atoms with Gasteiger partial charge in [-0.25, -0.2) is 0 Å². The molecule has 0 radical (unpaired) electrons. The molecule has 2 rings (SSSR count). The molecule has 1 aliphatic rings. The Labute approximate surface area is 103 Å². The van der Waals surface area contributed by atoms with Gasteiger partial charge in [0.25, 0.3) is 0 Å². The number of hydrogen-bond acceptors (Lipinski definition) is 5. The fraction of sp³-hybridized carbons (Fsp3) is 0.667. The van der Waals surface area contributed by atoms with Gasteiger partial charge in [-0.1, -0.05) is 0 Å². The Morgan fingerprint density at radius 3 is 2.82 bits per heavy atom. The van der Waals surface area contributed by atoms with Gasteiger partial charge in [-0.15, -0.1) is 5.10 Å². The molecule has 0 bridgehead atoms. The third kappa shape index (κ3) is 3.38. The van der Waals surface area contributed by atoms with Crippen molar-refractivity contribution in [1.29, 1.82) is 0 Å². The average Bonchev–Trinajstić information content (AvgIpc) is 2.32. The maximum absolute atomic E-state index is 4.11. The van der Waals surface area contributed by atoms with Gasteiger partial charge in [0.2, 0.25) is 0 Å². The molecule has 1 unspecified atom stereocenters. The van der Waals surface area contributed by atoms with Crippen LogP contribution in [0.25, 0.3) is 0 Å². The highest BCUT2D eigenvalue weighted by Gasteiger charge is 2.21. The van der Waals surface area contributed by atoms with Crippen LogP contribution in [0.3, 0.4) is 0 Å². The van der Waals surface area contributed by atoms with Gasteiger partial charge in [0.15, 0.2) is 0 Å². The quantitative estimate of drug-likeness (QED) is 0.824. The van der Waals surface area contributed by atoms with Gasteiger partial charge < -0.3 is 10.2 Å². The molecule has 2 heterocycles. The lowest BCUT2D eigenvalue weighted by Crippen LogP contribution is -2.52. The second-order valence-electron chi connectivity index (χ2n) is 4.84. The SMILES string of the molecule is Cc1ccc(NCC2CN(C)CCN2C)nn1. The highest BCUT2D eigenvalue weighted by molar-refractivity contribution is 5.32. The highest BCUT2D eigenvalue weighted by Crippen LogP contribution is 2.07. The normalized spacial score (nSPS) is 22.6. The first kappa shape index (κ1) is 12.3. The Bertz CT molecular complexity index is 350. The molecule has 0 aliphatic carbocycles. The molecule has 0 amide bonds. The van der Waals surface area contributed by atoms with Crippen LogP contribution in [0.4, 0.5) is 5.82 Å². The van der Waals surface area contributed by atoms with Crippen LogP contribution < -0.4 is 5.32 Å². The summed E-state index contributed by atoms with van der Waals surface area (Å²) < 4.78 is 0. The lowest BCUT2D eigenvalue weighted by molar-refractivity contribution is 0.122. The minimum absolute atomic E-state index is 0.539. The summed E-state index contributed by atoms with van der Waals surface area (Å²) in [5.41, 5.74) is 0.949. The van der Waals surface area contributed by atoms with Gasteiger partial charge in [-0.2, -0.15) is 5.10 Å². The van der Waals surface area contributed by atoms with Crippen molar-refractivity contribution >= 4 is 5.82 Å². The van der Waals surface area contributed by atoms with E-state index in [9.17, 15) is 0 Å². The van der Waals surface area contributed by atoms with Crippen LogP contribution in [0.15, 0.2) is 12.1 Å². The predicted molar refractivity (Wildman–Crippen MR) is 69.2 cm³/mol. The van der Waals surface area contributed by atoms with E-state index >= 15 is 0 Å². The first-order valence-corrected chi connectivity index (χ1v) is 6.08. The molecule has 0 aromatic carbocycles. The molecule has 1 aromatic rings. The van der Waals surface area contributed by atoms with Gasteiger partial charge in [0.1, 0.15) is 5.82 Å². The van der Waals surface area contributed by atoms with Crippen LogP contribution >= 0.6 is 0 Å². The number of aromatic nitrogens is 2. The molecule has 1 saturated heterocycles. The van der Waals surface area contributed by atoms with Crippen molar-refractivity contribution < 1.29 is 0 Å². The average molecular weight is 235 g/mol. The molecule has 17 heavy (non-hydrogen) atoms. The molecular weight excluding hydrogens is 214 g/mol. The summed E-state index contributed by atoms with van der Waals surface area (Å²) in [4.78, 5) is 4.77. The van der Waals surface area contributed by atoms with Gasteiger partial charge >= 0.3 is 0 Å². The third-order valence-corrected chi connectivity index (χ3v) is 3.30. The van der Waals surface area contributed by atoms with Crippen LogP contribution in [0.2, 0.25) is 0 Å². The van der Waals surface area contributed by atoms with Gasteiger partial charge in [-0.05, 0) is 33.2 Å². The maximum atomic E-state index is 4.11. The van der Waals surface area contributed by atoms with E-state index in [2.05, 4.69) is 39.4 Å². The second-order valence-corrected chi connectivity index (χ2v) is 4.84. The van der Waals surface area contributed by atoms with Crippen molar-refractivity contribution in [2.45, 2.75) is 13.0 Å². The van der Waals surface area contributed by atoms with Crippen molar-refractivity contribution in [1.82, 2.24) is 20.0 Å². The second kappa shape index (κ2) is 5.42. The number of nitrogens with zero attached hydrogens (tertiary/aromatic N) is 4. The van der Waals surface area contributed by atoms with E-state index in [4.69, 9.17) is 0 Å². The molecule has 1 fully saturated rings. The fourth-order valence-electron chi connectivity index (χ4n) is 2.04. The number of anilines is 1. The van der Waals surface area contributed by atoms with Crippen molar-refractivity contribution in [3.8, 4) is 0 Å². The number of hydrogen-bond donors (Lipinski definition) is 1. The van der Waals surface area contributed by atoms with E-state index in [-0.39, 0.29) is 0 Å². The number of nitrogens with one attached hydrogen (secondary N) is 1. The van der Waals surface area contributed by atoms with Crippen molar-refractivity contribution in [2.24, 2.45) is 0 Å². The Kier molecular flexibility index (Phi) is 3.91. The first-order valence-electron chi connectivity index (χ1n) is 6.08. The zero-order chi connectivity index (χ0) is 12.3. The van der Waals surface area contributed by atoms with Crippen LogP contribution in [0.5, 0.6) is 0 Å². The molecule has 94 valence electrons. The maximum Gasteiger partial charge on any atom is 0.148 e. The summed E-state index contributed by atoms with van der Waals surface area (Å²) in [6.07, 6.45) is 0. The minimum atomic E-state index is 0.539. The van der Waals surface area contributed by atoms with Crippen molar-refractivity contribution in [2.75, 3.05) is 45.6 Å². The highest BCUT2D eigenvalue weighted by atomic mass is 15.3. The fourth-order valence-corrected chi connectivity index (χ4v) is 2.04. The Balaban J connectivity index is 1.86. The van der Waals surface area contributed by atoms with Crippen LogP contribution in [0.1, 0.15) is 5.69 Å². The molecule has 1 atom stereocenters. The van der Waals surface area contributed by atoms with E-state index in [1.54, 1.807) is 0 Å². The van der Waals surface area contributed by atoms with E-state index in [0.29, 0.717) is 6.04 Å². The minimum Gasteiger partial charge on any atom is -0.367 e. The number of likely N-dealkylation sites (N-methyl/N-ethyl adjacent to an activating group) is 2. The van der Waals surface area contributed by atoms with E-state index in [1.165, 1.54) is 0 Å². The summed E-state index contributed by atoms with van der Waals surface area (Å²) in [5, 5.41) is 11.5. The Morgan fingerprint density at radius 2 is 2.12 bits per heavy atom. The number of rotatable bonds is 3. The molecule has 1 aliphatic heterocycles. The summed E-state index contributed by atoms with van der Waals surface area (Å²) >= 11 is 0. The predicted octanol–water partition coefficient (Wildman–Crippen LogP) is 0.443. The zero-order valence-corrected chi connectivity index (χ0v) is 10.8. The molecule has 1 N–H and O–H groups in total. The molecule has 5 nitrogen and oxygen atoms in total. The summed E-state index contributed by atoms with van der Waals surface area (Å²) in [6, 6.07) is 4.50. The van der Waals surface area contributed by atoms with Gasteiger partial charge in [-0.3, -0.25) is 4.90 Å². The van der Waals surface area contributed by atoms with E-state index in [1.807, 2.05) is 19.1 Å². The summed E-state index contributed by atoms with van der Waals surface area (Å²) in [5.74, 6) is 0.859. The van der Waals surface area contributed by atoms with Crippen molar-refractivity contribution in [3.63, 3.8) is 0 Å². The molecule has 0 spiro atoms. The van der Waals surface area contributed by atoms with E-state index in [0.717, 1.165) is 37.7 Å². The van der Waals surface area contributed by atoms with Gasteiger partial charge in [0, 0.05) is 32.2 Å². The number of piperazine rings is 1. The van der Waals surface area contributed by atoms with Crippen LogP contribution in [-0.4, -0.2) is 66.3 Å². The van der Waals surface area contributed by atoms with Crippen LogP contribution in [0, 0.1) is 6.92 Å². The standard InChI is InChI=1S/C12H21N5/c1-10-4-5-12(15-14-10)13-8-11-9-16(2)6-7-17(11)3/h4-5,11H,6-9H2,1-3H3,(H,13,15). The third-order valence-electron chi connectivity index (χ3n) is 3.30. The van der Waals surface area contributed by atoms with Crippen LogP contribution in [-0.2, 0) is 0 Å². The molecule has 1 aromatic heterocycles. The van der Waals surface area contributed by atoms with Gasteiger partial charge in [0.05, 0.1) is 5.69 Å². The monoisotopic (exact) mass is 235 g/mol. The number of aryl methyl sites for hydroxylation is 1. The molecule has 0 saturated carbocycles. The lowest BCUT2D eigenvalue weighted by atomic mass is 10.2. The molecule has 5 heteroatoms. The first-order chi connectivity index (χ1) is 8.15. The molecular formula is C12H21N5. The lowest BCUT2D eigenvalue weighted by Gasteiger charge is -2.37. The Hall–Kier alpha value is -1.20. The Morgan fingerprint density at radius 1 is 1.29 bits per heavy atom. The zero-order valence-electron chi connectivity index (χ0n) is 10.8. The van der Waals surface area contributed by atoms with Crippen molar-refractivity contribution in [3.05, 3.63) is 17.8 Å². The summed E-state index contributed by atoms with van der Waals surface area (Å²) in [6.45, 7) is 6.24.